The molecule has 0 amide bonds. The Morgan fingerprint density at radius 1 is 1.18 bits per heavy atom. The highest BCUT2D eigenvalue weighted by molar-refractivity contribution is 6.35. The first kappa shape index (κ1) is 10.8. The summed E-state index contributed by atoms with van der Waals surface area (Å²) in [5.41, 5.74) is 3.22. The molecule has 0 unspecified atom stereocenters. The molecule has 1 aliphatic heterocycles. The van der Waals surface area contributed by atoms with E-state index >= 15 is 0 Å². The molecule has 17 heavy (non-hydrogen) atoms. The van der Waals surface area contributed by atoms with Gasteiger partial charge >= 0.3 is 0 Å². The SMILES string of the molecule is Cc1cc(Cl)c2cc(N3CCCC3)ccc2n1. The fourth-order valence-electron chi connectivity index (χ4n) is 2.47. The fourth-order valence-corrected chi connectivity index (χ4v) is 2.78. The van der Waals surface area contributed by atoms with Crippen molar-refractivity contribution in [2.24, 2.45) is 0 Å². The zero-order valence-electron chi connectivity index (χ0n) is 9.91. The van der Waals surface area contributed by atoms with Gasteiger partial charge in [-0.15, -0.1) is 0 Å². The largest absolute Gasteiger partial charge is 0.372 e. The average Bonchev–Trinajstić information content (AvgIpc) is 2.82. The van der Waals surface area contributed by atoms with Crippen molar-refractivity contribution >= 4 is 28.2 Å². The molecule has 0 spiro atoms. The van der Waals surface area contributed by atoms with Crippen LogP contribution in [0.5, 0.6) is 0 Å². The van der Waals surface area contributed by atoms with Crippen LogP contribution in [0.25, 0.3) is 10.9 Å². The summed E-state index contributed by atoms with van der Waals surface area (Å²) in [6, 6.07) is 8.31. The Morgan fingerprint density at radius 2 is 1.94 bits per heavy atom. The minimum absolute atomic E-state index is 0.800. The first-order valence-electron chi connectivity index (χ1n) is 6.06. The summed E-state index contributed by atoms with van der Waals surface area (Å²) in [7, 11) is 0. The highest BCUT2D eigenvalue weighted by Crippen LogP contribution is 2.29. The summed E-state index contributed by atoms with van der Waals surface area (Å²) in [4.78, 5) is 6.91. The number of aromatic nitrogens is 1. The zero-order valence-corrected chi connectivity index (χ0v) is 10.7. The van der Waals surface area contributed by atoms with Crippen molar-refractivity contribution in [2.45, 2.75) is 19.8 Å². The quantitative estimate of drug-likeness (QED) is 0.761. The number of pyridine rings is 1. The second-order valence-electron chi connectivity index (χ2n) is 4.64. The minimum atomic E-state index is 0.800. The number of benzene rings is 1. The third kappa shape index (κ3) is 1.98. The molecule has 0 bridgehead atoms. The number of fused-ring (bicyclic) bond motifs is 1. The van der Waals surface area contributed by atoms with Crippen molar-refractivity contribution in [3.63, 3.8) is 0 Å². The summed E-state index contributed by atoms with van der Waals surface area (Å²) in [6.07, 6.45) is 2.58. The predicted octanol–water partition coefficient (Wildman–Crippen LogP) is 3.80. The monoisotopic (exact) mass is 246 g/mol. The van der Waals surface area contributed by atoms with E-state index in [2.05, 4.69) is 28.1 Å². The van der Waals surface area contributed by atoms with Crippen LogP contribution >= 0.6 is 11.6 Å². The van der Waals surface area contributed by atoms with Crippen LogP contribution in [0.1, 0.15) is 18.5 Å². The van der Waals surface area contributed by atoms with E-state index in [0.717, 1.165) is 34.7 Å². The van der Waals surface area contributed by atoms with Gasteiger partial charge in [0, 0.05) is 29.9 Å². The molecule has 2 nitrogen and oxygen atoms in total. The van der Waals surface area contributed by atoms with Crippen molar-refractivity contribution in [2.75, 3.05) is 18.0 Å². The first-order chi connectivity index (χ1) is 8.24. The van der Waals surface area contributed by atoms with Crippen LogP contribution in [-0.2, 0) is 0 Å². The maximum Gasteiger partial charge on any atom is 0.0721 e. The third-order valence-corrected chi connectivity index (χ3v) is 3.65. The van der Waals surface area contributed by atoms with E-state index in [1.54, 1.807) is 0 Å². The lowest BCUT2D eigenvalue weighted by atomic mass is 10.1. The van der Waals surface area contributed by atoms with Crippen LogP contribution in [0.2, 0.25) is 5.02 Å². The second kappa shape index (κ2) is 4.19. The lowest BCUT2D eigenvalue weighted by Gasteiger charge is -2.18. The molecule has 1 aromatic heterocycles. The van der Waals surface area contributed by atoms with Crippen molar-refractivity contribution in [1.82, 2.24) is 4.98 Å². The molecule has 0 saturated carbocycles. The molecule has 1 aromatic carbocycles. The summed E-state index contributed by atoms with van der Waals surface area (Å²) in [5, 5.41) is 1.86. The number of hydrogen-bond donors (Lipinski definition) is 0. The Balaban J connectivity index is 2.11. The average molecular weight is 247 g/mol. The summed E-state index contributed by atoms with van der Waals surface area (Å²) < 4.78 is 0. The molecule has 1 aliphatic rings. The van der Waals surface area contributed by atoms with Gasteiger partial charge in [0.15, 0.2) is 0 Å². The van der Waals surface area contributed by atoms with Crippen LogP contribution in [0.3, 0.4) is 0 Å². The van der Waals surface area contributed by atoms with Gasteiger partial charge in [0.25, 0.3) is 0 Å². The van der Waals surface area contributed by atoms with Gasteiger partial charge in [0.2, 0.25) is 0 Å². The van der Waals surface area contributed by atoms with E-state index in [-0.39, 0.29) is 0 Å². The molecule has 88 valence electrons. The van der Waals surface area contributed by atoms with Crippen LogP contribution in [0.4, 0.5) is 5.69 Å². The van der Waals surface area contributed by atoms with Crippen molar-refractivity contribution in [3.05, 3.63) is 35.0 Å². The Bertz CT molecular complexity index is 559. The molecule has 2 aromatic rings. The second-order valence-corrected chi connectivity index (χ2v) is 5.05. The Labute approximate surface area is 106 Å². The molecular weight excluding hydrogens is 232 g/mol. The molecule has 0 N–H and O–H groups in total. The molecule has 1 saturated heterocycles. The maximum atomic E-state index is 6.28. The Kier molecular flexibility index (Phi) is 2.67. The Morgan fingerprint density at radius 3 is 2.71 bits per heavy atom. The molecule has 0 radical (unpaired) electrons. The van der Waals surface area contributed by atoms with Crippen LogP contribution in [-0.4, -0.2) is 18.1 Å². The van der Waals surface area contributed by atoms with E-state index in [0.29, 0.717) is 0 Å². The van der Waals surface area contributed by atoms with Crippen molar-refractivity contribution in [1.29, 1.82) is 0 Å². The molecule has 0 aliphatic carbocycles. The lowest BCUT2D eigenvalue weighted by molar-refractivity contribution is 0.949. The van der Waals surface area contributed by atoms with Crippen LogP contribution in [0, 0.1) is 6.92 Å². The van der Waals surface area contributed by atoms with E-state index in [1.165, 1.54) is 18.5 Å². The number of aryl methyl sites for hydroxylation is 1. The minimum Gasteiger partial charge on any atom is -0.372 e. The normalized spacial score (nSPS) is 15.8. The molecule has 1 fully saturated rings. The standard InChI is InChI=1S/C14H15ClN2/c1-10-8-13(15)12-9-11(4-5-14(12)16-10)17-6-2-3-7-17/h4-5,8-9H,2-3,6-7H2,1H3. The van der Waals surface area contributed by atoms with E-state index in [9.17, 15) is 0 Å². The van der Waals surface area contributed by atoms with Gasteiger partial charge in [0.05, 0.1) is 10.5 Å². The van der Waals surface area contributed by atoms with Gasteiger partial charge in [-0.3, -0.25) is 4.98 Å². The zero-order chi connectivity index (χ0) is 11.8. The topological polar surface area (TPSA) is 16.1 Å². The van der Waals surface area contributed by atoms with Gasteiger partial charge in [-0.05, 0) is 44.0 Å². The van der Waals surface area contributed by atoms with Gasteiger partial charge in [-0.25, -0.2) is 0 Å². The first-order valence-corrected chi connectivity index (χ1v) is 6.44. The molecule has 3 rings (SSSR count). The number of rotatable bonds is 1. The number of halogens is 1. The summed E-state index contributed by atoms with van der Waals surface area (Å²) in [6.45, 7) is 4.28. The number of nitrogens with zero attached hydrogens (tertiary/aromatic N) is 2. The smallest absolute Gasteiger partial charge is 0.0721 e. The number of hydrogen-bond acceptors (Lipinski definition) is 2. The predicted molar refractivity (Wildman–Crippen MR) is 72.9 cm³/mol. The number of anilines is 1. The van der Waals surface area contributed by atoms with Crippen LogP contribution in [0.15, 0.2) is 24.3 Å². The van der Waals surface area contributed by atoms with Gasteiger partial charge < -0.3 is 4.90 Å². The molecule has 0 atom stereocenters. The van der Waals surface area contributed by atoms with E-state index < -0.39 is 0 Å². The van der Waals surface area contributed by atoms with Gasteiger partial charge in [-0.2, -0.15) is 0 Å². The van der Waals surface area contributed by atoms with E-state index in [4.69, 9.17) is 11.6 Å². The highest BCUT2D eigenvalue weighted by atomic mass is 35.5. The fraction of sp³-hybridized carbons (Fsp3) is 0.357. The van der Waals surface area contributed by atoms with Gasteiger partial charge in [0.1, 0.15) is 0 Å². The summed E-state index contributed by atoms with van der Waals surface area (Å²) >= 11 is 6.28. The van der Waals surface area contributed by atoms with Crippen molar-refractivity contribution in [3.8, 4) is 0 Å². The highest BCUT2D eigenvalue weighted by Gasteiger charge is 2.13. The van der Waals surface area contributed by atoms with Crippen LogP contribution < -0.4 is 4.90 Å². The lowest BCUT2D eigenvalue weighted by Crippen LogP contribution is -2.17. The van der Waals surface area contributed by atoms with E-state index in [1.807, 2.05) is 13.0 Å². The van der Waals surface area contributed by atoms with Gasteiger partial charge in [-0.1, -0.05) is 11.6 Å². The molecular formula is C14H15ClN2. The maximum absolute atomic E-state index is 6.28. The third-order valence-electron chi connectivity index (χ3n) is 3.34. The molecule has 2 heterocycles. The van der Waals surface area contributed by atoms with Crippen molar-refractivity contribution < 1.29 is 0 Å². The Hall–Kier alpha value is -1.28. The summed E-state index contributed by atoms with van der Waals surface area (Å²) in [5.74, 6) is 0. The molecule has 3 heteroatoms.